The molecular weight excluding hydrogens is 192 g/mol. The van der Waals surface area contributed by atoms with Crippen LogP contribution in [-0.4, -0.2) is 0 Å². The Bertz CT molecular complexity index is 407. The molecule has 0 bridgehead atoms. The Morgan fingerprint density at radius 3 is 2.56 bits per heavy atom. The number of benzene rings is 1. The summed E-state index contributed by atoms with van der Waals surface area (Å²) in [6, 6.07) is 10.7. The molecular formula is C16H20. The number of allylic oxidation sites excluding steroid dienone is 4. The smallest absolute Gasteiger partial charge is 0.0124 e. The maximum Gasteiger partial charge on any atom is -0.0124 e. The zero-order valence-corrected chi connectivity index (χ0v) is 10.3. The molecule has 16 heavy (non-hydrogen) atoms. The molecule has 0 heteroatoms. The molecule has 0 aromatic heterocycles. The fourth-order valence-corrected chi connectivity index (χ4v) is 2.35. The Balaban J connectivity index is 2.17. The summed E-state index contributed by atoms with van der Waals surface area (Å²) >= 11 is 0. The molecule has 0 nitrogen and oxygen atoms in total. The van der Waals surface area contributed by atoms with Crippen LogP contribution in [-0.2, 0) is 0 Å². The van der Waals surface area contributed by atoms with Crippen molar-refractivity contribution in [2.45, 2.75) is 39.5 Å². The first-order valence-corrected chi connectivity index (χ1v) is 6.27. The van der Waals surface area contributed by atoms with Gasteiger partial charge in [-0.1, -0.05) is 55.3 Å². The molecule has 0 N–H and O–H groups in total. The molecule has 0 radical (unpaired) electrons. The van der Waals surface area contributed by atoms with Gasteiger partial charge < -0.3 is 0 Å². The third kappa shape index (κ3) is 2.27. The second-order valence-corrected chi connectivity index (χ2v) is 4.52. The normalized spacial score (nSPS) is 15.5. The van der Waals surface area contributed by atoms with Crippen molar-refractivity contribution < 1.29 is 0 Å². The Morgan fingerprint density at radius 2 is 1.88 bits per heavy atom. The maximum atomic E-state index is 2.38. The van der Waals surface area contributed by atoms with Crippen molar-refractivity contribution >= 4 is 5.57 Å². The quantitative estimate of drug-likeness (QED) is 0.660. The molecule has 84 valence electrons. The van der Waals surface area contributed by atoms with Gasteiger partial charge in [0.1, 0.15) is 0 Å². The van der Waals surface area contributed by atoms with Gasteiger partial charge in [0.2, 0.25) is 0 Å². The molecule has 0 saturated heterocycles. The van der Waals surface area contributed by atoms with Gasteiger partial charge in [0.05, 0.1) is 0 Å². The first-order chi connectivity index (χ1) is 7.83. The largest absolute Gasteiger partial charge is 0.0723 e. The predicted octanol–water partition coefficient (Wildman–Crippen LogP) is 4.98. The van der Waals surface area contributed by atoms with Crippen LogP contribution in [0.25, 0.3) is 5.57 Å². The third-order valence-corrected chi connectivity index (χ3v) is 3.40. The summed E-state index contributed by atoms with van der Waals surface area (Å²) < 4.78 is 0. The van der Waals surface area contributed by atoms with E-state index >= 15 is 0 Å². The van der Waals surface area contributed by atoms with Gasteiger partial charge in [-0.25, -0.2) is 0 Å². The van der Waals surface area contributed by atoms with E-state index in [4.69, 9.17) is 0 Å². The Hall–Kier alpha value is -1.30. The Kier molecular flexibility index (Phi) is 3.61. The van der Waals surface area contributed by atoms with E-state index in [0.717, 1.165) is 6.42 Å². The van der Waals surface area contributed by atoms with Crippen LogP contribution in [0.5, 0.6) is 0 Å². The van der Waals surface area contributed by atoms with Crippen LogP contribution in [0.3, 0.4) is 0 Å². The fourth-order valence-electron chi connectivity index (χ4n) is 2.35. The van der Waals surface area contributed by atoms with Gasteiger partial charge in [-0.15, -0.1) is 0 Å². The minimum Gasteiger partial charge on any atom is -0.0723 e. The van der Waals surface area contributed by atoms with E-state index in [1.807, 2.05) is 0 Å². The molecule has 0 aliphatic heterocycles. The van der Waals surface area contributed by atoms with Gasteiger partial charge in [-0.05, 0) is 42.9 Å². The van der Waals surface area contributed by atoms with E-state index in [9.17, 15) is 0 Å². The van der Waals surface area contributed by atoms with Crippen LogP contribution in [0, 0.1) is 0 Å². The van der Waals surface area contributed by atoms with Gasteiger partial charge >= 0.3 is 0 Å². The monoisotopic (exact) mass is 212 g/mol. The van der Waals surface area contributed by atoms with Crippen LogP contribution in [0.15, 0.2) is 47.6 Å². The van der Waals surface area contributed by atoms with Crippen LogP contribution in [0.1, 0.15) is 45.1 Å². The molecule has 0 amide bonds. The standard InChI is InChI=1S/C16H20/c1-3-4-8-14-11-12-16(13(14)2)15-9-6-5-7-10-15/h5-7,9-10,12H,3-4,8,11H2,1-2H3. The van der Waals surface area contributed by atoms with E-state index in [1.54, 1.807) is 5.57 Å². The van der Waals surface area contributed by atoms with Crippen molar-refractivity contribution in [3.8, 4) is 0 Å². The second kappa shape index (κ2) is 5.16. The molecule has 2 rings (SSSR count). The molecule has 1 aliphatic rings. The molecule has 1 aliphatic carbocycles. The zero-order valence-electron chi connectivity index (χ0n) is 10.3. The van der Waals surface area contributed by atoms with Crippen molar-refractivity contribution in [2.75, 3.05) is 0 Å². The van der Waals surface area contributed by atoms with Crippen molar-refractivity contribution in [3.63, 3.8) is 0 Å². The van der Waals surface area contributed by atoms with Crippen LogP contribution in [0.4, 0.5) is 0 Å². The van der Waals surface area contributed by atoms with E-state index in [2.05, 4.69) is 50.3 Å². The summed E-state index contributed by atoms with van der Waals surface area (Å²) in [7, 11) is 0. The lowest BCUT2D eigenvalue weighted by molar-refractivity contribution is 0.775. The highest BCUT2D eigenvalue weighted by atomic mass is 14.2. The molecule has 0 unspecified atom stereocenters. The first kappa shape index (κ1) is 11.2. The van der Waals surface area contributed by atoms with E-state index in [1.165, 1.54) is 36.0 Å². The van der Waals surface area contributed by atoms with Crippen LogP contribution < -0.4 is 0 Å². The second-order valence-electron chi connectivity index (χ2n) is 4.52. The summed E-state index contributed by atoms with van der Waals surface area (Å²) in [6.45, 7) is 4.53. The molecule has 0 heterocycles. The number of hydrogen-bond acceptors (Lipinski definition) is 0. The van der Waals surface area contributed by atoms with Gasteiger partial charge in [-0.3, -0.25) is 0 Å². The molecule has 0 atom stereocenters. The van der Waals surface area contributed by atoms with E-state index < -0.39 is 0 Å². The predicted molar refractivity (Wildman–Crippen MR) is 71.3 cm³/mol. The highest BCUT2D eigenvalue weighted by molar-refractivity contribution is 5.82. The summed E-state index contributed by atoms with van der Waals surface area (Å²) in [5.41, 5.74) is 5.97. The van der Waals surface area contributed by atoms with Crippen molar-refractivity contribution in [1.82, 2.24) is 0 Å². The highest BCUT2D eigenvalue weighted by Crippen LogP contribution is 2.35. The zero-order chi connectivity index (χ0) is 11.4. The van der Waals surface area contributed by atoms with Gasteiger partial charge in [-0.2, -0.15) is 0 Å². The SMILES string of the molecule is CCCCC1=C(C)C(c2ccccc2)=CC1. The number of rotatable bonds is 4. The summed E-state index contributed by atoms with van der Waals surface area (Å²) in [4.78, 5) is 0. The fraction of sp³-hybridized carbons (Fsp3) is 0.375. The average Bonchev–Trinajstić information content (AvgIpc) is 2.69. The molecule has 0 fully saturated rings. The molecule has 0 spiro atoms. The lowest BCUT2D eigenvalue weighted by Crippen LogP contribution is -1.86. The van der Waals surface area contributed by atoms with Crippen molar-refractivity contribution in [3.05, 3.63) is 53.1 Å². The van der Waals surface area contributed by atoms with Gasteiger partial charge in [0.25, 0.3) is 0 Å². The molecule has 0 saturated carbocycles. The van der Waals surface area contributed by atoms with Crippen molar-refractivity contribution in [1.29, 1.82) is 0 Å². The van der Waals surface area contributed by atoms with Crippen LogP contribution in [0.2, 0.25) is 0 Å². The van der Waals surface area contributed by atoms with E-state index in [0.29, 0.717) is 0 Å². The topological polar surface area (TPSA) is 0 Å². The maximum absolute atomic E-state index is 2.38. The summed E-state index contributed by atoms with van der Waals surface area (Å²) in [6.07, 6.45) is 7.43. The number of unbranched alkanes of at least 4 members (excludes halogenated alkanes) is 1. The van der Waals surface area contributed by atoms with Crippen LogP contribution >= 0.6 is 0 Å². The molecule has 1 aromatic rings. The van der Waals surface area contributed by atoms with Gasteiger partial charge in [0.15, 0.2) is 0 Å². The minimum absolute atomic E-state index is 1.16. The Morgan fingerprint density at radius 1 is 1.12 bits per heavy atom. The third-order valence-electron chi connectivity index (χ3n) is 3.40. The first-order valence-electron chi connectivity index (χ1n) is 6.27. The summed E-state index contributed by atoms with van der Waals surface area (Å²) in [5, 5.41) is 0. The lowest BCUT2D eigenvalue weighted by Gasteiger charge is -2.07. The molecule has 1 aromatic carbocycles. The van der Waals surface area contributed by atoms with Gasteiger partial charge in [0, 0.05) is 0 Å². The lowest BCUT2D eigenvalue weighted by atomic mass is 9.98. The highest BCUT2D eigenvalue weighted by Gasteiger charge is 2.14. The summed E-state index contributed by atoms with van der Waals surface area (Å²) in [5.74, 6) is 0. The number of hydrogen-bond donors (Lipinski definition) is 0. The van der Waals surface area contributed by atoms with Crippen molar-refractivity contribution in [2.24, 2.45) is 0 Å². The Labute approximate surface area is 98.7 Å². The minimum atomic E-state index is 1.16. The average molecular weight is 212 g/mol. The van der Waals surface area contributed by atoms with E-state index in [-0.39, 0.29) is 0 Å².